The third-order valence-corrected chi connectivity index (χ3v) is 12.1. The van der Waals surface area contributed by atoms with E-state index < -0.39 is 0 Å². The SMILES string of the molecule is CC1(C)c2ccccc2-c2c1c1cc(-c3ccc(N(c4ccccc4)c4ccc(-c5ccccc5)cc4)cc3)ccc1n2C1=CC=CC2c3ccccc3OC12. The summed E-state index contributed by atoms with van der Waals surface area (Å²) < 4.78 is 9.28. The van der Waals surface area contributed by atoms with Gasteiger partial charge in [-0.3, -0.25) is 0 Å². The van der Waals surface area contributed by atoms with Crippen LogP contribution in [0.3, 0.4) is 0 Å². The molecule has 2 heterocycles. The zero-order valence-electron chi connectivity index (χ0n) is 31.4. The molecule has 2 unspecified atom stereocenters. The predicted octanol–water partition coefficient (Wildman–Crippen LogP) is 13.7. The second-order valence-electron chi connectivity index (χ2n) is 15.7. The highest BCUT2D eigenvalue weighted by Crippen LogP contribution is 2.56. The van der Waals surface area contributed by atoms with E-state index in [-0.39, 0.29) is 17.4 Å². The standard InChI is InChI=1S/C53H40N2O/c1-53(2)46-21-11-9-19-44(46)51-50(53)45-34-38(28-33-47(45)55(51)48-22-13-20-43-42-18-10-12-23-49(42)56-52(43)48)37-26-31-41(32-27-37)54(39-16-7-4-8-17-39)40-29-24-36(25-30-40)35-14-5-3-6-15-35/h3-34,43,52H,1-2H3. The van der Waals surface area contributed by atoms with Gasteiger partial charge in [-0.2, -0.15) is 0 Å². The van der Waals surface area contributed by atoms with Crippen LogP contribution in [-0.2, 0) is 5.41 Å². The Hall–Kier alpha value is -6.84. The number of fused-ring (bicyclic) bond motifs is 8. The number of allylic oxidation sites excluding steroid dienone is 2. The number of aromatic nitrogens is 1. The second-order valence-corrected chi connectivity index (χ2v) is 15.7. The molecule has 1 aliphatic heterocycles. The highest BCUT2D eigenvalue weighted by molar-refractivity contribution is 6.02. The van der Waals surface area contributed by atoms with Crippen molar-refractivity contribution in [2.24, 2.45) is 0 Å². The average Bonchev–Trinajstić information content (AvgIpc) is 3.88. The Labute approximate surface area is 328 Å². The number of hydrogen-bond donors (Lipinski definition) is 0. The van der Waals surface area contributed by atoms with E-state index in [1.54, 1.807) is 0 Å². The lowest BCUT2D eigenvalue weighted by atomic mass is 9.81. The molecule has 3 aliphatic rings. The van der Waals surface area contributed by atoms with Crippen molar-refractivity contribution in [1.82, 2.24) is 4.57 Å². The van der Waals surface area contributed by atoms with Gasteiger partial charge in [-0.05, 0) is 94.1 Å². The molecule has 0 fully saturated rings. The number of anilines is 3. The van der Waals surface area contributed by atoms with E-state index in [0.717, 1.165) is 22.8 Å². The van der Waals surface area contributed by atoms with Gasteiger partial charge in [-0.25, -0.2) is 0 Å². The number of hydrogen-bond acceptors (Lipinski definition) is 2. The minimum absolute atomic E-state index is 0.0951. The molecule has 268 valence electrons. The topological polar surface area (TPSA) is 17.4 Å². The van der Waals surface area contributed by atoms with Crippen LogP contribution >= 0.6 is 0 Å². The monoisotopic (exact) mass is 720 g/mol. The van der Waals surface area contributed by atoms with Crippen molar-refractivity contribution in [3.63, 3.8) is 0 Å². The molecule has 8 aromatic rings. The van der Waals surface area contributed by atoms with Crippen LogP contribution in [0.2, 0.25) is 0 Å². The molecular formula is C53H40N2O. The molecule has 56 heavy (non-hydrogen) atoms. The molecule has 1 aromatic heterocycles. The highest BCUT2D eigenvalue weighted by atomic mass is 16.5. The zero-order chi connectivity index (χ0) is 37.4. The summed E-state index contributed by atoms with van der Waals surface area (Å²) in [5.74, 6) is 1.16. The molecule has 2 atom stereocenters. The fraction of sp³-hybridized carbons (Fsp3) is 0.0943. The highest BCUT2D eigenvalue weighted by Gasteiger charge is 2.44. The van der Waals surface area contributed by atoms with Gasteiger partial charge in [0.15, 0.2) is 0 Å². The first-order valence-electron chi connectivity index (χ1n) is 19.6. The summed E-state index contributed by atoms with van der Waals surface area (Å²) in [5, 5.41) is 1.29. The van der Waals surface area contributed by atoms with E-state index in [1.807, 2.05) is 0 Å². The van der Waals surface area contributed by atoms with Crippen LogP contribution in [0.1, 0.15) is 36.5 Å². The maximum Gasteiger partial charge on any atom is 0.149 e. The van der Waals surface area contributed by atoms with Gasteiger partial charge in [-0.1, -0.05) is 147 Å². The van der Waals surface area contributed by atoms with E-state index in [4.69, 9.17) is 4.74 Å². The van der Waals surface area contributed by atoms with Crippen molar-refractivity contribution in [3.8, 4) is 39.3 Å². The fourth-order valence-corrected chi connectivity index (χ4v) is 9.51. The molecule has 0 amide bonds. The Morgan fingerprint density at radius 1 is 0.571 bits per heavy atom. The van der Waals surface area contributed by atoms with Gasteiger partial charge in [0.2, 0.25) is 0 Å². The Morgan fingerprint density at radius 2 is 1.16 bits per heavy atom. The lowest BCUT2D eigenvalue weighted by Gasteiger charge is -2.26. The van der Waals surface area contributed by atoms with Crippen LogP contribution in [0.25, 0.3) is 50.1 Å². The Morgan fingerprint density at radius 3 is 1.91 bits per heavy atom. The van der Waals surface area contributed by atoms with Crippen LogP contribution in [0, 0.1) is 0 Å². The van der Waals surface area contributed by atoms with Crippen molar-refractivity contribution in [2.75, 3.05) is 4.90 Å². The maximum absolute atomic E-state index is 6.77. The normalized spacial score (nSPS) is 17.1. The third-order valence-electron chi connectivity index (χ3n) is 12.1. The maximum atomic E-state index is 6.77. The first-order chi connectivity index (χ1) is 27.5. The third kappa shape index (κ3) is 4.97. The molecule has 0 radical (unpaired) electrons. The number of para-hydroxylation sites is 2. The summed E-state index contributed by atoms with van der Waals surface area (Å²) in [6, 6.07) is 63.6. The second kappa shape index (κ2) is 12.6. The lowest BCUT2D eigenvalue weighted by molar-refractivity contribution is 0.272. The lowest BCUT2D eigenvalue weighted by Crippen LogP contribution is -2.25. The Balaban J connectivity index is 1.01. The quantitative estimate of drug-likeness (QED) is 0.170. The van der Waals surface area contributed by atoms with Crippen LogP contribution < -0.4 is 9.64 Å². The first-order valence-corrected chi connectivity index (χ1v) is 19.6. The van der Waals surface area contributed by atoms with Crippen LogP contribution in [0.15, 0.2) is 194 Å². The van der Waals surface area contributed by atoms with Gasteiger partial charge in [0, 0.05) is 44.9 Å². The molecule has 7 aromatic carbocycles. The van der Waals surface area contributed by atoms with Crippen LogP contribution in [0.5, 0.6) is 5.75 Å². The molecule has 0 spiro atoms. The Bertz CT molecular complexity index is 2840. The molecular weight excluding hydrogens is 681 g/mol. The number of nitrogens with zero attached hydrogens (tertiary/aromatic N) is 2. The molecule has 0 N–H and O–H groups in total. The minimum atomic E-state index is -0.173. The van der Waals surface area contributed by atoms with E-state index in [9.17, 15) is 0 Å². The summed E-state index contributed by atoms with van der Waals surface area (Å²) >= 11 is 0. The van der Waals surface area contributed by atoms with Gasteiger partial charge in [0.25, 0.3) is 0 Å². The van der Waals surface area contributed by atoms with Gasteiger partial charge in [0.05, 0.1) is 16.9 Å². The van der Waals surface area contributed by atoms with E-state index in [0.29, 0.717) is 0 Å². The summed E-state index contributed by atoms with van der Waals surface area (Å²) in [6.07, 6.45) is 6.69. The molecule has 11 rings (SSSR count). The molecule has 3 heteroatoms. The molecule has 0 saturated carbocycles. The largest absolute Gasteiger partial charge is 0.483 e. The molecule has 0 bridgehead atoms. The van der Waals surface area contributed by atoms with Crippen molar-refractivity contribution < 1.29 is 4.74 Å². The van der Waals surface area contributed by atoms with Crippen molar-refractivity contribution in [1.29, 1.82) is 0 Å². The van der Waals surface area contributed by atoms with Crippen molar-refractivity contribution in [3.05, 3.63) is 211 Å². The summed E-state index contributed by atoms with van der Waals surface area (Å²) in [6.45, 7) is 4.76. The molecule has 2 aliphatic carbocycles. The van der Waals surface area contributed by atoms with Gasteiger partial charge >= 0.3 is 0 Å². The summed E-state index contributed by atoms with van der Waals surface area (Å²) in [7, 11) is 0. The minimum Gasteiger partial charge on any atom is -0.483 e. The van der Waals surface area contributed by atoms with Gasteiger partial charge in [0.1, 0.15) is 11.9 Å². The van der Waals surface area contributed by atoms with Gasteiger partial charge < -0.3 is 14.2 Å². The summed E-state index contributed by atoms with van der Waals surface area (Å²) in [4.78, 5) is 2.33. The van der Waals surface area contributed by atoms with Crippen molar-refractivity contribution in [2.45, 2.75) is 31.3 Å². The molecule has 0 saturated heterocycles. The summed E-state index contributed by atoms with van der Waals surface area (Å²) in [5.41, 5.74) is 17.0. The van der Waals surface area contributed by atoms with E-state index in [1.165, 1.54) is 66.8 Å². The number of ether oxygens (including phenoxy) is 1. The predicted molar refractivity (Wildman–Crippen MR) is 232 cm³/mol. The zero-order valence-corrected chi connectivity index (χ0v) is 31.4. The van der Waals surface area contributed by atoms with Crippen LogP contribution in [0.4, 0.5) is 17.1 Å². The van der Waals surface area contributed by atoms with Crippen molar-refractivity contribution >= 4 is 33.7 Å². The number of benzene rings is 7. The smallest absolute Gasteiger partial charge is 0.149 e. The Kier molecular flexibility index (Phi) is 7.34. The number of rotatable bonds is 6. The van der Waals surface area contributed by atoms with Gasteiger partial charge in [-0.15, -0.1) is 0 Å². The first kappa shape index (κ1) is 32.6. The molecule has 3 nitrogen and oxygen atoms in total. The average molecular weight is 721 g/mol. The van der Waals surface area contributed by atoms with Crippen LogP contribution in [-0.4, -0.2) is 10.7 Å². The fourth-order valence-electron chi connectivity index (χ4n) is 9.51. The van der Waals surface area contributed by atoms with E-state index in [2.05, 4.69) is 217 Å². The van der Waals surface area contributed by atoms with E-state index >= 15 is 0 Å².